The van der Waals surface area contributed by atoms with Crippen LogP contribution < -0.4 is 0 Å². The van der Waals surface area contributed by atoms with Crippen LogP contribution in [0.1, 0.15) is 44.9 Å². The third-order valence-corrected chi connectivity index (χ3v) is 6.78. The lowest BCUT2D eigenvalue weighted by Crippen LogP contribution is -2.70. The van der Waals surface area contributed by atoms with Gasteiger partial charge in [0.25, 0.3) is 0 Å². The highest BCUT2D eigenvalue weighted by Crippen LogP contribution is 2.45. The second-order valence-corrected chi connectivity index (χ2v) is 8.10. The number of likely N-dealkylation sites (tertiary alicyclic amines) is 1. The first-order chi connectivity index (χ1) is 10.5. The molecule has 0 radical (unpaired) electrons. The van der Waals surface area contributed by atoms with Crippen molar-refractivity contribution in [1.82, 2.24) is 4.90 Å². The Morgan fingerprint density at radius 1 is 1.27 bits per heavy atom. The number of rotatable bonds is 4. The third-order valence-electron chi connectivity index (χ3n) is 6.78. The normalized spacial score (nSPS) is 41.8. The molecule has 3 rings (SSSR count). The van der Waals surface area contributed by atoms with Crippen molar-refractivity contribution in [3.63, 3.8) is 0 Å². The first-order valence-electron chi connectivity index (χ1n) is 9.16. The number of nitrogens with zero attached hydrogens (tertiary/aromatic N) is 2. The Morgan fingerprint density at radius 2 is 2.00 bits per heavy atom. The molecule has 4 heteroatoms. The zero-order valence-corrected chi connectivity index (χ0v) is 14.6. The van der Waals surface area contributed by atoms with E-state index in [0.29, 0.717) is 12.5 Å². The van der Waals surface area contributed by atoms with Crippen LogP contribution in [-0.2, 0) is 9.53 Å². The van der Waals surface area contributed by atoms with Crippen molar-refractivity contribution >= 4 is 5.97 Å². The number of piperidine rings is 3. The van der Waals surface area contributed by atoms with Crippen molar-refractivity contribution in [3.05, 3.63) is 0 Å². The van der Waals surface area contributed by atoms with Gasteiger partial charge in [0, 0.05) is 30.8 Å². The molecule has 3 heterocycles. The average Bonchev–Trinajstić information content (AvgIpc) is 2.49. The van der Waals surface area contributed by atoms with Gasteiger partial charge in [-0.1, -0.05) is 0 Å². The molecule has 0 amide bonds. The Labute approximate surface area is 135 Å². The van der Waals surface area contributed by atoms with Crippen LogP contribution in [0.25, 0.3) is 0 Å². The molecule has 0 saturated carbocycles. The molecule has 3 fully saturated rings. The van der Waals surface area contributed by atoms with E-state index in [1.54, 1.807) is 0 Å². The highest BCUT2D eigenvalue weighted by molar-refractivity contribution is 5.68. The monoisotopic (exact) mass is 309 g/mol. The van der Waals surface area contributed by atoms with Gasteiger partial charge in [0.1, 0.15) is 0 Å². The molecule has 0 aromatic carbocycles. The molecule has 4 nitrogen and oxygen atoms in total. The standard InChI is InChI=1S/C18H33N2O2/c1-19-13-14-7-5-11-20(2)12-6-8-15(18(14)20)16(19)9-4-10-17(21)22-3/h14-16,18H,4-13H2,1-3H3/q+1/t14-,15+,16+,18+,20?/m0/s1. The molecule has 126 valence electrons. The largest absolute Gasteiger partial charge is 0.469 e. The van der Waals surface area contributed by atoms with E-state index in [2.05, 4.69) is 19.0 Å². The summed E-state index contributed by atoms with van der Waals surface area (Å²) in [5.74, 6) is 1.67. The molecule has 5 atom stereocenters. The Kier molecular flexibility index (Phi) is 4.79. The minimum Gasteiger partial charge on any atom is -0.469 e. The number of esters is 1. The van der Waals surface area contributed by atoms with Gasteiger partial charge >= 0.3 is 5.97 Å². The number of ether oxygens (including phenoxy) is 1. The zero-order chi connectivity index (χ0) is 15.7. The lowest BCUT2D eigenvalue weighted by atomic mass is 9.68. The van der Waals surface area contributed by atoms with Crippen molar-refractivity contribution in [2.45, 2.75) is 57.0 Å². The fourth-order valence-corrected chi connectivity index (χ4v) is 5.92. The lowest BCUT2D eigenvalue weighted by Gasteiger charge is -2.60. The van der Waals surface area contributed by atoms with E-state index in [4.69, 9.17) is 4.74 Å². The van der Waals surface area contributed by atoms with Crippen LogP contribution in [-0.4, -0.2) is 68.3 Å². The zero-order valence-electron chi connectivity index (χ0n) is 14.6. The number of carbonyl (C=O) groups excluding carboxylic acids is 1. The fourth-order valence-electron chi connectivity index (χ4n) is 5.92. The highest BCUT2D eigenvalue weighted by Gasteiger charge is 2.54. The number of quaternary nitrogens is 1. The molecule has 22 heavy (non-hydrogen) atoms. The number of methoxy groups -OCH3 is 1. The Bertz CT molecular complexity index is 410. The SMILES string of the molecule is COC(=O)CCC[C@@H]1[C@H]2CCC[N+]3(C)CCC[C@@H](CN1C)[C@H]23. The molecule has 0 N–H and O–H groups in total. The van der Waals surface area contributed by atoms with Gasteiger partial charge < -0.3 is 14.1 Å². The van der Waals surface area contributed by atoms with Crippen LogP contribution in [0, 0.1) is 11.8 Å². The second kappa shape index (κ2) is 6.48. The van der Waals surface area contributed by atoms with Crippen LogP contribution in [0.4, 0.5) is 0 Å². The van der Waals surface area contributed by atoms with Crippen LogP contribution in [0.2, 0.25) is 0 Å². The van der Waals surface area contributed by atoms with Crippen molar-refractivity contribution in [3.8, 4) is 0 Å². The number of hydrogen-bond acceptors (Lipinski definition) is 3. The van der Waals surface area contributed by atoms with E-state index in [0.717, 1.165) is 30.7 Å². The maximum atomic E-state index is 11.4. The van der Waals surface area contributed by atoms with Gasteiger partial charge in [0.2, 0.25) is 0 Å². The molecular weight excluding hydrogens is 276 g/mol. The molecule has 0 spiro atoms. The summed E-state index contributed by atoms with van der Waals surface area (Å²) in [7, 11) is 6.32. The maximum absolute atomic E-state index is 11.4. The molecular formula is C18H33N2O2+. The quantitative estimate of drug-likeness (QED) is 0.589. The summed E-state index contributed by atoms with van der Waals surface area (Å²) in [5.41, 5.74) is 0. The first kappa shape index (κ1) is 16.3. The van der Waals surface area contributed by atoms with Crippen LogP contribution >= 0.6 is 0 Å². The molecule has 0 aromatic heterocycles. The summed E-state index contributed by atoms with van der Waals surface area (Å²) in [6.45, 7) is 4.03. The van der Waals surface area contributed by atoms with Gasteiger partial charge in [-0.15, -0.1) is 0 Å². The first-order valence-corrected chi connectivity index (χ1v) is 9.16. The molecule has 0 bridgehead atoms. The topological polar surface area (TPSA) is 29.5 Å². The summed E-state index contributed by atoms with van der Waals surface area (Å²) in [6, 6.07) is 1.54. The molecule has 0 aliphatic carbocycles. The van der Waals surface area contributed by atoms with Gasteiger partial charge in [-0.2, -0.15) is 0 Å². The minimum absolute atomic E-state index is 0.0572. The van der Waals surface area contributed by atoms with E-state index >= 15 is 0 Å². The summed E-state index contributed by atoms with van der Waals surface area (Å²) in [6.07, 6.45) is 8.31. The highest BCUT2D eigenvalue weighted by atomic mass is 16.5. The molecule has 3 aliphatic heterocycles. The molecule has 1 unspecified atom stereocenters. The average molecular weight is 309 g/mol. The third kappa shape index (κ3) is 2.92. The van der Waals surface area contributed by atoms with Gasteiger partial charge in [0.05, 0.1) is 33.3 Å². The Balaban J connectivity index is 1.70. The van der Waals surface area contributed by atoms with E-state index in [9.17, 15) is 4.79 Å². The molecule has 0 aromatic rings. The number of carbonyl (C=O) groups is 1. The predicted octanol–water partition coefficient (Wildman–Crippen LogP) is 2.28. The molecule has 3 saturated heterocycles. The molecule has 3 aliphatic rings. The minimum atomic E-state index is -0.0572. The maximum Gasteiger partial charge on any atom is 0.305 e. The van der Waals surface area contributed by atoms with Crippen molar-refractivity contribution < 1.29 is 14.0 Å². The lowest BCUT2D eigenvalue weighted by molar-refractivity contribution is -0.952. The smallest absolute Gasteiger partial charge is 0.305 e. The van der Waals surface area contributed by atoms with Gasteiger partial charge in [-0.3, -0.25) is 4.79 Å². The second-order valence-electron chi connectivity index (χ2n) is 8.10. The summed E-state index contributed by atoms with van der Waals surface area (Å²) in [5, 5.41) is 0. The van der Waals surface area contributed by atoms with Crippen LogP contribution in [0.5, 0.6) is 0 Å². The summed E-state index contributed by atoms with van der Waals surface area (Å²) >= 11 is 0. The van der Waals surface area contributed by atoms with Gasteiger partial charge in [0.15, 0.2) is 0 Å². The van der Waals surface area contributed by atoms with Crippen LogP contribution in [0.15, 0.2) is 0 Å². The van der Waals surface area contributed by atoms with Crippen molar-refractivity contribution in [2.75, 3.05) is 40.8 Å². The van der Waals surface area contributed by atoms with Crippen LogP contribution in [0.3, 0.4) is 0 Å². The van der Waals surface area contributed by atoms with E-state index < -0.39 is 0 Å². The van der Waals surface area contributed by atoms with Gasteiger partial charge in [-0.25, -0.2) is 0 Å². The summed E-state index contributed by atoms with van der Waals surface area (Å²) in [4.78, 5) is 14.0. The Hall–Kier alpha value is -0.610. The predicted molar refractivity (Wildman–Crippen MR) is 87.4 cm³/mol. The summed E-state index contributed by atoms with van der Waals surface area (Å²) < 4.78 is 6.12. The van der Waals surface area contributed by atoms with Gasteiger partial charge in [-0.05, 0) is 45.6 Å². The van der Waals surface area contributed by atoms with Crippen molar-refractivity contribution in [1.29, 1.82) is 0 Å². The van der Waals surface area contributed by atoms with E-state index in [1.807, 2.05) is 0 Å². The number of hydrogen-bond donors (Lipinski definition) is 0. The van der Waals surface area contributed by atoms with E-state index in [-0.39, 0.29) is 5.97 Å². The van der Waals surface area contributed by atoms with Crippen molar-refractivity contribution in [2.24, 2.45) is 11.8 Å². The van der Waals surface area contributed by atoms with E-state index in [1.165, 1.54) is 56.9 Å². The Morgan fingerprint density at radius 3 is 2.73 bits per heavy atom. The fraction of sp³-hybridized carbons (Fsp3) is 0.944.